The van der Waals surface area contributed by atoms with E-state index in [4.69, 9.17) is 26.3 Å². The number of hydrogen-bond acceptors (Lipinski definition) is 7. The van der Waals surface area contributed by atoms with E-state index in [1.807, 2.05) is 51.2 Å². The molecule has 2 aromatic rings. The van der Waals surface area contributed by atoms with Gasteiger partial charge in [-0.15, -0.1) is 0 Å². The Kier molecular flexibility index (Phi) is 6.95. The molecule has 2 fully saturated rings. The summed E-state index contributed by atoms with van der Waals surface area (Å²) in [6, 6.07) is 7.77. The highest BCUT2D eigenvalue weighted by Gasteiger charge is 2.27. The second-order valence-electron chi connectivity index (χ2n) is 9.65. The van der Waals surface area contributed by atoms with Crippen molar-refractivity contribution in [2.45, 2.75) is 26.4 Å². The van der Waals surface area contributed by atoms with Crippen LogP contribution in [-0.4, -0.2) is 90.9 Å². The Balaban J connectivity index is 1.54. The van der Waals surface area contributed by atoms with Crippen LogP contribution < -0.4 is 9.80 Å². The van der Waals surface area contributed by atoms with Crippen molar-refractivity contribution in [3.05, 3.63) is 35.5 Å². The molecule has 1 aromatic carbocycles. The van der Waals surface area contributed by atoms with Gasteiger partial charge in [0.2, 0.25) is 0 Å². The standard InChI is InChI=1S/C24H33ClN6O2/c1-24(2,3)33-23(32)31-15-13-29(14-16-31)20-17-26-22(30-11-9-28(4)10-12-30)21(27-20)18-5-7-19(25)8-6-18/h5-8,17H,9-16H2,1-4H3. The highest BCUT2D eigenvalue weighted by atomic mass is 35.5. The first kappa shape index (κ1) is 23.6. The Labute approximate surface area is 201 Å². The van der Waals surface area contributed by atoms with Crippen LogP contribution in [0.4, 0.5) is 16.4 Å². The van der Waals surface area contributed by atoms with E-state index in [2.05, 4.69) is 21.7 Å². The average molecular weight is 473 g/mol. The summed E-state index contributed by atoms with van der Waals surface area (Å²) in [5, 5.41) is 0.697. The summed E-state index contributed by atoms with van der Waals surface area (Å²) in [6.45, 7) is 12.0. The van der Waals surface area contributed by atoms with Crippen LogP contribution in [0, 0.1) is 0 Å². The van der Waals surface area contributed by atoms with Gasteiger partial charge >= 0.3 is 6.09 Å². The first-order valence-corrected chi connectivity index (χ1v) is 11.9. The fraction of sp³-hybridized carbons (Fsp3) is 0.542. The minimum Gasteiger partial charge on any atom is -0.444 e. The van der Waals surface area contributed by atoms with Crippen molar-refractivity contribution in [2.75, 3.05) is 69.2 Å². The molecule has 8 nitrogen and oxygen atoms in total. The number of carbonyl (C=O) groups is 1. The number of halogens is 1. The van der Waals surface area contributed by atoms with Crippen molar-refractivity contribution >= 4 is 29.3 Å². The minimum atomic E-state index is -0.494. The number of carbonyl (C=O) groups excluding carboxylic acids is 1. The second kappa shape index (κ2) is 9.73. The predicted molar refractivity (Wildman–Crippen MR) is 132 cm³/mol. The lowest BCUT2D eigenvalue weighted by Gasteiger charge is -2.37. The third kappa shape index (κ3) is 5.86. The van der Waals surface area contributed by atoms with Gasteiger partial charge in [-0.05, 0) is 40.0 Å². The molecule has 2 saturated heterocycles. The number of likely N-dealkylation sites (N-methyl/N-ethyl adjacent to an activating group) is 1. The van der Waals surface area contributed by atoms with E-state index >= 15 is 0 Å². The number of amides is 1. The van der Waals surface area contributed by atoms with Crippen molar-refractivity contribution < 1.29 is 9.53 Å². The van der Waals surface area contributed by atoms with Gasteiger partial charge in [0.25, 0.3) is 0 Å². The van der Waals surface area contributed by atoms with Gasteiger partial charge in [0.1, 0.15) is 17.1 Å². The smallest absolute Gasteiger partial charge is 0.410 e. The molecule has 0 unspecified atom stereocenters. The van der Waals surface area contributed by atoms with Crippen molar-refractivity contribution in [1.29, 1.82) is 0 Å². The Hall–Kier alpha value is -2.58. The molecule has 2 aliphatic heterocycles. The summed E-state index contributed by atoms with van der Waals surface area (Å²) in [6.07, 6.45) is 1.59. The lowest BCUT2D eigenvalue weighted by Crippen LogP contribution is -2.50. The third-order valence-corrected chi connectivity index (χ3v) is 6.17. The fourth-order valence-corrected chi connectivity index (χ4v) is 4.15. The van der Waals surface area contributed by atoms with Crippen molar-refractivity contribution in [2.24, 2.45) is 0 Å². The molecule has 33 heavy (non-hydrogen) atoms. The van der Waals surface area contributed by atoms with Crippen LogP contribution in [0.15, 0.2) is 30.5 Å². The van der Waals surface area contributed by atoms with Crippen molar-refractivity contribution in [1.82, 2.24) is 19.8 Å². The molecule has 0 atom stereocenters. The van der Waals surface area contributed by atoms with Crippen LogP contribution in [0.1, 0.15) is 20.8 Å². The summed E-state index contributed by atoms with van der Waals surface area (Å²) in [5.41, 5.74) is 1.37. The number of nitrogens with zero attached hydrogens (tertiary/aromatic N) is 6. The van der Waals surface area contributed by atoms with E-state index in [-0.39, 0.29) is 6.09 Å². The number of rotatable bonds is 3. The molecule has 1 amide bonds. The topological polar surface area (TPSA) is 65.0 Å². The number of ether oxygens (including phenoxy) is 1. The maximum absolute atomic E-state index is 12.4. The van der Waals surface area contributed by atoms with Gasteiger partial charge in [-0.1, -0.05) is 23.7 Å². The molecule has 3 heterocycles. The number of piperazine rings is 2. The third-order valence-electron chi connectivity index (χ3n) is 5.92. The van der Waals surface area contributed by atoms with E-state index < -0.39 is 5.60 Å². The van der Waals surface area contributed by atoms with Gasteiger partial charge in [0.15, 0.2) is 5.82 Å². The van der Waals surface area contributed by atoms with Crippen molar-refractivity contribution in [3.63, 3.8) is 0 Å². The predicted octanol–water partition coefficient (Wildman–Crippen LogP) is 3.61. The molecule has 9 heteroatoms. The van der Waals surface area contributed by atoms with E-state index in [9.17, 15) is 4.79 Å². The molecule has 178 valence electrons. The highest BCUT2D eigenvalue weighted by molar-refractivity contribution is 6.30. The molecule has 0 aliphatic carbocycles. The zero-order valence-corrected chi connectivity index (χ0v) is 20.7. The lowest BCUT2D eigenvalue weighted by molar-refractivity contribution is 0.0240. The maximum atomic E-state index is 12.4. The molecule has 0 saturated carbocycles. The van der Waals surface area contributed by atoms with E-state index in [1.54, 1.807) is 4.90 Å². The molecule has 2 aliphatic rings. The van der Waals surface area contributed by atoms with Crippen LogP contribution in [0.3, 0.4) is 0 Å². The van der Waals surface area contributed by atoms with E-state index in [1.165, 1.54) is 0 Å². The van der Waals surface area contributed by atoms with E-state index in [0.717, 1.165) is 49.1 Å². The van der Waals surface area contributed by atoms with Gasteiger partial charge in [-0.25, -0.2) is 14.8 Å². The molecule has 4 rings (SSSR count). The SMILES string of the molecule is CN1CCN(c2ncc(N3CCN(C(=O)OC(C)(C)C)CC3)nc2-c2ccc(Cl)cc2)CC1. The summed E-state index contributed by atoms with van der Waals surface area (Å²) in [5.74, 6) is 1.73. The number of hydrogen-bond donors (Lipinski definition) is 0. The summed E-state index contributed by atoms with van der Waals surface area (Å²) in [4.78, 5) is 30.9. The number of anilines is 2. The Morgan fingerprint density at radius 1 is 0.939 bits per heavy atom. The molecular weight excluding hydrogens is 440 g/mol. The molecule has 0 bridgehead atoms. The van der Waals surface area contributed by atoms with Gasteiger partial charge in [-0.2, -0.15) is 0 Å². The van der Waals surface area contributed by atoms with Crippen molar-refractivity contribution in [3.8, 4) is 11.3 Å². The minimum absolute atomic E-state index is 0.263. The second-order valence-corrected chi connectivity index (χ2v) is 10.1. The Morgan fingerprint density at radius 2 is 1.55 bits per heavy atom. The van der Waals surface area contributed by atoms with Crippen LogP contribution in [0.25, 0.3) is 11.3 Å². The zero-order valence-electron chi connectivity index (χ0n) is 19.9. The molecule has 0 radical (unpaired) electrons. The van der Waals surface area contributed by atoms with Crippen LogP contribution >= 0.6 is 11.6 Å². The van der Waals surface area contributed by atoms with Crippen LogP contribution in [0.2, 0.25) is 5.02 Å². The van der Waals surface area contributed by atoms with Crippen LogP contribution in [0.5, 0.6) is 0 Å². The zero-order chi connectivity index (χ0) is 23.6. The first-order valence-electron chi connectivity index (χ1n) is 11.5. The maximum Gasteiger partial charge on any atom is 0.410 e. The Morgan fingerprint density at radius 3 is 2.15 bits per heavy atom. The number of aromatic nitrogens is 2. The van der Waals surface area contributed by atoms with Gasteiger partial charge in [0, 0.05) is 62.9 Å². The molecular formula is C24H33ClN6O2. The van der Waals surface area contributed by atoms with Gasteiger partial charge < -0.3 is 24.3 Å². The quantitative estimate of drug-likeness (QED) is 0.676. The normalized spacial score (nSPS) is 17.9. The summed E-state index contributed by atoms with van der Waals surface area (Å²) < 4.78 is 5.52. The number of benzene rings is 1. The average Bonchev–Trinajstić information content (AvgIpc) is 2.79. The van der Waals surface area contributed by atoms with Gasteiger partial charge in [0.05, 0.1) is 6.20 Å². The largest absolute Gasteiger partial charge is 0.444 e. The molecule has 1 aromatic heterocycles. The van der Waals surface area contributed by atoms with Crippen LogP contribution in [-0.2, 0) is 4.74 Å². The van der Waals surface area contributed by atoms with Gasteiger partial charge in [-0.3, -0.25) is 0 Å². The summed E-state index contributed by atoms with van der Waals surface area (Å²) in [7, 11) is 2.14. The first-order chi connectivity index (χ1) is 15.7. The summed E-state index contributed by atoms with van der Waals surface area (Å²) >= 11 is 6.13. The highest BCUT2D eigenvalue weighted by Crippen LogP contribution is 2.31. The monoisotopic (exact) mass is 472 g/mol. The lowest BCUT2D eigenvalue weighted by atomic mass is 10.1. The molecule has 0 N–H and O–H groups in total. The molecule has 0 spiro atoms. The fourth-order valence-electron chi connectivity index (χ4n) is 4.02. The Bertz CT molecular complexity index is 962. The van der Waals surface area contributed by atoms with E-state index in [0.29, 0.717) is 31.2 Å².